The van der Waals surface area contributed by atoms with Crippen LogP contribution in [0.4, 0.5) is 39.5 Å². The van der Waals surface area contributed by atoms with Gasteiger partial charge in [-0.2, -0.15) is 39.5 Å². The van der Waals surface area contributed by atoms with E-state index < -0.39 is 42.5 Å². The number of aliphatic hydroxyl groups is 1. The molecule has 188 valence electrons. The topological polar surface area (TPSA) is 32.6 Å². The van der Waals surface area contributed by atoms with E-state index in [4.69, 9.17) is 0 Å². The highest BCUT2D eigenvalue weighted by Crippen LogP contribution is 2.54. The summed E-state index contributed by atoms with van der Waals surface area (Å²) in [5.74, 6) is -20.3. The molecule has 0 fully saturated rings. The van der Waals surface area contributed by atoms with Crippen molar-refractivity contribution in [3.8, 4) is 0 Å². The minimum absolute atomic E-state index is 0.202. The third-order valence-electron chi connectivity index (χ3n) is 5.42. The normalized spacial score (nSPS) is 15.5. The van der Waals surface area contributed by atoms with Crippen molar-refractivity contribution >= 4 is 17.0 Å². The Morgan fingerprint density at radius 3 is 1.91 bits per heavy atom. The van der Waals surface area contributed by atoms with Crippen molar-refractivity contribution in [2.75, 3.05) is 0 Å². The van der Waals surface area contributed by atoms with Crippen molar-refractivity contribution in [2.45, 2.75) is 42.5 Å². The van der Waals surface area contributed by atoms with Crippen molar-refractivity contribution in [1.82, 2.24) is 0 Å². The second-order valence-corrected chi connectivity index (χ2v) is 7.82. The molecule has 3 aromatic carbocycles. The Labute approximate surface area is 193 Å². The number of fused-ring (bicyclic) bond motifs is 1. The lowest BCUT2D eigenvalue weighted by atomic mass is 9.91. The lowest BCUT2D eigenvalue weighted by Crippen LogP contribution is -2.66. The molecule has 0 aliphatic heterocycles. The zero-order chi connectivity index (χ0) is 26.1. The summed E-state index contributed by atoms with van der Waals surface area (Å²) in [6, 6.07) is 16.5. The first-order valence-corrected chi connectivity index (χ1v) is 10.1. The number of alkyl halides is 9. The maximum Gasteiger partial charge on any atom is 0.460 e. The van der Waals surface area contributed by atoms with Crippen LogP contribution in [0.25, 0.3) is 10.8 Å². The van der Waals surface area contributed by atoms with Gasteiger partial charge in [0.15, 0.2) is 0 Å². The van der Waals surface area contributed by atoms with Crippen LogP contribution in [0, 0.1) is 0 Å². The molecule has 2 nitrogen and oxygen atoms in total. The first kappa shape index (κ1) is 26.5. The van der Waals surface area contributed by atoms with E-state index in [2.05, 4.69) is 4.99 Å². The molecule has 0 spiro atoms. The number of aliphatic imine (C=N–C) groups is 1. The van der Waals surface area contributed by atoms with Crippen LogP contribution in [0.3, 0.4) is 0 Å². The molecule has 0 heterocycles. The summed E-state index contributed by atoms with van der Waals surface area (Å²) in [6.07, 6.45) is -10.3. The van der Waals surface area contributed by atoms with Gasteiger partial charge in [0.1, 0.15) is 6.10 Å². The van der Waals surface area contributed by atoms with E-state index in [1.807, 2.05) is 0 Å². The molecule has 35 heavy (non-hydrogen) atoms. The first-order valence-electron chi connectivity index (χ1n) is 10.1. The molecule has 0 aromatic heterocycles. The fraction of sp³-hybridized carbons (Fsp3) is 0.292. The summed E-state index contributed by atoms with van der Waals surface area (Å²) in [5, 5.41) is 11.4. The van der Waals surface area contributed by atoms with Gasteiger partial charge in [-0.1, -0.05) is 72.8 Å². The zero-order valence-corrected chi connectivity index (χ0v) is 17.7. The number of nitrogens with zero attached hydrogens (tertiary/aromatic N) is 1. The van der Waals surface area contributed by atoms with Gasteiger partial charge in [0.25, 0.3) is 0 Å². The average molecular weight is 507 g/mol. The van der Waals surface area contributed by atoms with Gasteiger partial charge in [-0.25, -0.2) is 0 Å². The molecule has 0 saturated heterocycles. The molecule has 2 atom stereocenters. The largest absolute Gasteiger partial charge is 0.460 e. The summed E-state index contributed by atoms with van der Waals surface area (Å²) in [4.78, 5) is 3.75. The molecule has 3 rings (SSSR count). The molecule has 0 unspecified atom stereocenters. The van der Waals surface area contributed by atoms with Crippen molar-refractivity contribution < 1.29 is 44.6 Å². The fourth-order valence-corrected chi connectivity index (χ4v) is 3.46. The van der Waals surface area contributed by atoms with Crippen molar-refractivity contribution in [3.63, 3.8) is 0 Å². The molecule has 0 amide bonds. The van der Waals surface area contributed by atoms with Gasteiger partial charge in [-0.15, -0.1) is 0 Å². The van der Waals surface area contributed by atoms with E-state index in [1.165, 1.54) is 30.3 Å². The highest BCUT2D eigenvalue weighted by Gasteiger charge is 2.83. The third kappa shape index (κ3) is 5.00. The average Bonchev–Trinajstić information content (AvgIpc) is 2.81. The molecule has 0 radical (unpaired) electrons. The third-order valence-corrected chi connectivity index (χ3v) is 5.42. The number of hydrogen-bond donors (Lipinski definition) is 1. The lowest BCUT2D eigenvalue weighted by Gasteiger charge is -2.37. The Balaban J connectivity index is 2.04. The molecule has 0 saturated carbocycles. The Kier molecular flexibility index (Phi) is 7.21. The second kappa shape index (κ2) is 9.52. The highest BCUT2D eigenvalue weighted by atomic mass is 19.4. The van der Waals surface area contributed by atoms with E-state index >= 15 is 0 Å². The molecular formula is C24H18F9NO. The number of halogens is 9. The van der Waals surface area contributed by atoms with Crippen molar-refractivity contribution in [3.05, 3.63) is 83.9 Å². The van der Waals surface area contributed by atoms with Gasteiger partial charge in [0.2, 0.25) is 0 Å². The molecule has 0 aliphatic rings. The van der Waals surface area contributed by atoms with E-state index in [0.29, 0.717) is 16.3 Å². The van der Waals surface area contributed by atoms with Gasteiger partial charge in [0.05, 0.1) is 6.04 Å². The van der Waals surface area contributed by atoms with Crippen LogP contribution in [0.1, 0.15) is 11.1 Å². The van der Waals surface area contributed by atoms with Gasteiger partial charge in [-0.3, -0.25) is 4.99 Å². The Hall–Kier alpha value is -3.08. The van der Waals surface area contributed by atoms with Crippen LogP contribution < -0.4 is 0 Å². The number of benzene rings is 3. The Morgan fingerprint density at radius 1 is 0.714 bits per heavy atom. The van der Waals surface area contributed by atoms with Crippen LogP contribution in [0.2, 0.25) is 0 Å². The fourth-order valence-electron chi connectivity index (χ4n) is 3.46. The molecule has 1 N–H and O–H groups in total. The van der Waals surface area contributed by atoms with Gasteiger partial charge < -0.3 is 5.11 Å². The van der Waals surface area contributed by atoms with Gasteiger partial charge in [-0.05, 0) is 22.8 Å². The van der Waals surface area contributed by atoms with E-state index in [0.717, 1.165) is 6.21 Å². The first-order chi connectivity index (χ1) is 16.2. The minimum Gasteiger partial charge on any atom is -0.384 e. The predicted octanol–water partition coefficient (Wildman–Crippen LogP) is 6.70. The van der Waals surface area contributed by atoms with Crippen LogP contribution in [0.5, 0.6) is 0 Å². The Bertz CT molecular complexity index is 1170. The Morgan fingerprint density at radius 2 is 1.29 bits per heavy atom. The summed E-state index contributed by atoms with van der Waals surface area (Å²) in [6.45, 7) is 0. The highest BCUT2D eigenvalue weighted by molar-refractivity contribution is 5.99. The number of hydrogen-bond acceptors (Lipinski definition) is 2. The van der Waals surface area contributed by atoms with Crippen LogP contribution in [-0.2, 0) is 6.42 Å². The molecular weight excluding hydrogens is 489 g/mol. The molecule has 0 aliphatic carbocycles. The minimum atomic E-state index is -7.11. The smallest absolute Gasteiger partial charge is 0.384 e. The summed E-state index contributed by atoms with van der Waals surface area (Å²) in [7, 11) is 0. The maximum absolute atomic E-state index is 14.5. The SMILES string of the molecule is O[C@@H]([C@H](Cc1ccccc1)N=Cc1cccc2ccccc12)C(F)(F)C(F)(F)C(F)(F)C(F)(F)F. The van der Waals surface area contributed by atoms with E-state index in [1.54, 1.807) is 42.5 Å². The summed E-state index contributed by atoms with van der Waals surface area (Å²) >= 11 is 0. The van der Waals surface area contributed by atoms with Crippen LogP contribution in [-0.4, -0.2) is 47.4 Å². The second-order valence-electron chi connectivity index (χ2n) is 7.82. The molecule has 3 aromatic rings. The maximum atomic E-state index is 14.5. The number of aliphatic hydroxyl groups excluding tert-OH is 1. The van der Waals surface area contributed by atoms with Gasteiger partial charge >= 0.3 is 23.9 Å². The number of rotatable bonds is 8. The summed E-state index contributed by atoms with van der Waals surface area (Å²) < 4.78 is 121. The van der Waals surface area contributed by atoms with E-state index in [-0.39, 0.29) is 5.56 Å². The molecule has 11 heteroatoms. The standard InChI is InChI=1S/C24H18F9NO/c25-21(26,22(27,28)23(29,30)24(31,32)33)20(35)19(13-15-7-2-1-3-8-15)34-14-17-11-6-10-16-9-4-5-12-18(16)17/h1-12,14,19-20,35H,13H2/t19-,20-/m0/s1. The predicted molar refractivity (Wildman–Crippen MR) is 112 cm³/mol. The van der Waals surface area contributed by atoms with E-state index in [9.17, 15) is 44.6 Å². The van der Waals surface area contributed by atoms with Gasteiger partial charge in [0, 0.05) is 11.8 Å². The van der Waals surface area contributed by atoms with Crippen LogP contribution >= 0.6 is 0 Å². The van der Waals surface area contributed by atoms with Crippen molar-refractivity contribution in [1.29, 1.82) is 0 Å². The quantitative estimate of drug-likeness (QED) is 0.267. The zero-order valence-electron chi connectivity index (χ0n) is 17.7. The van der Waals surface area contributed by atoms with Crippen molar-refractivity contribution in [2.24, 2.45) is 4.99 Å². The molecule has 0 bridgehead atoms. The summed E-state index contributed by atoms with van der Waals surface area (Å²) in [5.41, 5.74) is 0.525. The monoisotopic (exact) mass is 507 g/mol. The lowest BCUT2D eigenvalue weighted by molar-refractivity contribution is -0.406. The van der Waals surface area contributed by atoms with Crippen LogP contribution in [0.15, 0.2) is 77.8 Å².